The van der Waals surface area contributed by atoms with Gasteiger partial charge >= 0.3 is 0 Å². The van der Waals surface area contributed by atoms with Gasteiger partial charge in [0.05, 0.1) is 0 Å². The molecule has 2 N–H and O–H groups in total. The van der Waals surface area contributed by atoms with Crippen molar-refractivity contribution >= 4 is 12.6 Å². The van der Waals surface area contributed by atoms with Crippen LogP contribution in [0.25, 0.3) is 0 Å². The molecule has 0 aliphatic heterocycles. The fraction of sp³-hybridized carbons (Fsp3) is 0.721. The fourth-order valence-corrected chi connectivity index (χ4v) is 9.73. The molecule has 0 amide bonds. The predicted molar refractivity (Wildman–Crippen MR) is 205 cm³/mol. The molecular weight excluding hydrogens is 562 g/mol. The number of Topliss-reactive ketones (excluding diaryl/α,β-unsaturated/α-hetero) is 1. The van der Waals surface area contributed by atoms with Gasteiger partial charge in [0, 0.05) is 12.3 Å². The van der Waals surface area contributed by atoms with Gasteiger partial charge in [-0.2, -0.15) is 0 Å². The van der Waals surface area contributed by atoms with Crippen LogP contribution in [0.15, 0.2) is 48.6 Å². The quantitative estimate of drug-likeness (QED) is 0.117. The van der Waals surface area contributed by atoms with E-state index in [9.17, 15) is 4.79 Å². The van der Waals surface area contributed by atoms with E-state index in [0.29, 0.717) is 23.0 Å². The van der Waals surface area contributed by atoms with Gasteiger partial charge in [0.1, 0.15) is 12.6 Å². The number of hydrogen-bond donors (Lipinski definition) is 1. The van der Waals surface area contributed by atoms with Crippen molar-refractivity contribution in [1.29, 1.82) is 0 Å². The van der Waals surface area contributed by atoms with E-state index < -0.39 is 0 Å². The van der Waals surface area contributed by atoms with Gasteiger partial charge in [-0.25, -0.2) is 0 Å². The average molecular weight is 638 g/mol. The summed E-state index contributed by atoms with van der Waals surface area (Å²) in [7, 11) is 1.50. The highest BCUT2D eigenvalue weighted by Gasteiger charge is 2.58. The molecule has 0 saturated heterocycles. The van der Waals surface area contributed by atoms with Gasteiger partial charge in [-0.05, 0) is 132 Å². The summed E-state index contributed by atoms with van der Waals surface area (Å²) < 4.78 is 0. The van der Waals surface area contributed by atoms with Crippen LogP contribution in [0.1, 0.15) is 145 Å². The van der Waals surface area contributed by atoms with Crippen molar-refractivity contribution in [3.05, 3.63) is 48.6 Å². The molecule has 0 aromatic heterocycles. The van der Waals surface area contributed by atoms with Crippen molar-refractivity contribution in [2.45, 2.75) is 145 Å². The summed E-state index contributed by atoms with van der Waals surface area (Å²) >= 11 is 0. The third-order valence-electron chi connectivity index (χ3n) is 11.8. The van der Waals surface area contributed by atoms with Crippen molar-refractivity contribution < 1.29 is 9.59 Å². The first-order valence-corrected chi connectivity index (χ1v) is 18.5. The van der Waals surface area contributed by atoms with Crippen molar-refractivity contribution in [3.8, 4) is 12.8 Å². The summed E-state index contributed by atoms with van der Waals surface area (Å²) in [6.07, 6.45) is 38.6. The Bertz CT molecular complexity index is 928. The summed E-state index contributed by atoms with van der Waals surface area (Å²) in [6, 6.07) is 0. The van der Waals surface area contributed by atoms with Gasteiger partial charge in [-0.3, -0.25) is 4.79 Å². The van der Waals surface area contributed by atoms with E-state index in [-0.39, 0.29) is 5.92 Å². The molecule has 3 aliphatic rings. The van der Waals surface area contributed by atoms with Crippen LogP contribution >= 0.6 is 0 Å². The van der Waals surface area contributed by atoms with Crippen molar-refractivity contribution in [1.82, 2.24) is 0 Å². The number of nitrogens with two attached hydrogens (primary N) is 1. The zero-order valence-corrected chi connectivity index (χ0v) is 31.8. The molecule has 0 radical (unpaired) electrons. The van der Waals surface area contributed by atoms with E-state index in [1.54, 1.807) is 0 Å². The van der Waals surface area contributed by atoms with E-state index in [1.165, 1.54) is 83.2 Å². The lowest BCUT2D eigenvalue weighted by Crippen LogP contribution is -2.51. The first-order valence-electron chi connectivity index (χ1n) is 18.5. The molecule has 0 aromatic carbocycles. The van der Waals surface area contributed by atoms with E-state index in [0.717, 1.165) is 42.4 Å². The monoisotopic (exact) mass is 638 g/mol. The van der Waals surface area contributed by atoms with Gasteiger partial charge in [0.15, 0.2) is 0 Å². The largest absolute Gasteiger partial charge is 0.333 e. The number of carbonyl (C=O) groups is 2. The number of carbonyl (C=O) groups excluding carboxylic acids is 2. The molecule has 3 heteroatoms. The van der Waals surface area contributed by atoms with Gasteiger partial charge in [-0.15, -0.1) is 19.4 Å². The van der Waals surface area contributed by atoms with Crippen LogP contribution in [0.4, 0.5) is 0 Å². The lowest BCUT2D eigenvalue weighted by atomic mass is 9.46. The minimum absolute atomic E-state index is 0.197. The topological polar surface area (TPSA) is 60.2 Å². The third kappa shape index (κ3) is 12.4. The van der Waals surface area contributed by atoms with Gasteiger partial charge in [0.25, 0.3) is 0 Å². The van der Waals surface area contributed by atoms with Crippen molar-refractivity contribution in [3.63, 3.8) is 0 Å². The Hall–Kier alpha value is -2.18. The Labute approximate surface area is 287 Å². The number of allylic oxidation sites excluding steroid dienone is 7. The number of hydrogen-bond acceptors (Lipinski definition) is 3. The number of ketones is 1. The van der Waals surface area contributed by atoms with Gasteiger partial charge in [-0.1, -0.05) is 96.4 Å². The fourth-order valence-electron chi connectivity index (χ4n) is 9.73. The second-order valence-electron chi connectivity index (χ2n) is 13.8. The first kappa shape index (κ1) is 45.9. The zero-order chi connectivity index (χ0) is 35.8. The van der Waals surface area contributed by atoms with Crippen LogP contribution in [0.2, 0.25) is 0 Å². The molecule has 0 heterocycles. The third-order valence-corrected chi connectivity index (χ3v) is 11.8. The zero-order valence-electron chi connectivity index (χ0n) is 31.8. The molecule has 8 unspecified atom stereocenters. The average Bonchev–Trinajstić information content (AvgIpc) is 3.43. The highest BCUT2D eigenvalue weighted by Crippen LogP contribution is 2.67. The molecular formula is C43H75NO2. The molecule has 264 valence electrons. The van der Waals surface area contributed by atoms with Crippen molar-refractivity contribution in [2.75, 3.05) is 7.05 Å². The summed E-state index contributed by atoms with van der Waals surface area (Å²) in [6.45, 7) is 24.1. The van der Waals surface area contributed by atoms with Crippen LogP contribution in [0, 0.1) is 59.2 Å². The van der Waals surface area contributed by atoms with Crippen LogP contribution in [-0.2, 0) is 9.59 Å². The van der Waals surface area contributed by atoms with Crippen LogP contribution in [0.5, 0.6) is 0 Å². The van der Waals surface area contributed by atoms with Gasteiger partial charge < -0.3 is 10.5 Å². The normalized spacial score (nSPS) is 30.4. The second-order valence-corrected chi connectivity index (χ2v) is 13.8. The molecule has 3 saturated carbocycles. The molecule has 3 fully saturated rings. The maximum absolute atomic E-state index is 12.7. The minimum Gasteiger partial charge on any atom is -0.333 e. The first-order chi connectivity index (χ1) is 22.2. The van der Waals surface area contributed by atoms with E-state index >= 15 is 0 Å². The highest BCUT2D eigenvalue weighted by molar-refractivity contribution is 5.80. The number of terminal acetylenes is 1. The number of rotatable bonds is 14. The maximum atomic E-state index is 12.7. The number of fused-ring (bicyclic) bond motifs is 3. The minimum atomic E-state index is 0.197. The molecule has 0 bridgehead atoms. The lowest BCUT2D eigenvalue weighted by molar-refractivity contribution is -0.122. The lowest BCUT2D eigenvalue weighted by Gasteiger charge is -2.59. The molecule has 3 aliphatic carbocycles. The molecule has 8 atom stereocenters. The van der Waals surface area contributed by atoms with Crippen LogP contribution in [0.3, 0.4) is 0 Å². The Morgan fingerprint density at radius 3 is 2.20 bits per heavy atom. The Balaban J connectivity index is 0. The summed E-state index contributed by atoms with van der Waals surface area (Å²) in [5.74, 6) is 5.13. The van der Waals surface area contributed by atoms with E-state index in [4.69, 9.17) is 4.79 Å². The Kier molecular flexibility index (Phi) is 25.8. The van der Waals surface area contributed by atoms with Crippen LogP contribution < -0.4 is 5.73 Å². The summed E-state index contributed by atoms with van der Waals surface area (Å²) in [4.78, 5) is 20.7. The predicted octanol–water partition coefficient (Wildman–Crippen LogP) is 11.7. The van der Waals surface area contributed by atoms with Crippen LogP contribution in [-0.4, -0.2) is 19.6 Å². The molecule has 3 rings (SSSR count). The molecule has 0 aromatic rings. The Morgan fingerprint density at radius 2 is 1.63 bits per heavy atom. The molecule has 3 nitrogen and oxygen atoms in total. The molecule has 0 spiro atoms. The maximum Gasteiger partial charge on any atom is 0.136 e. The molecule has 46 heavy (non-hydrogen) atoms. The summed E-state index contributed by atoms with van der Waals surface area (Å²) in [5.41, 5.74) is 6.79. The Morgan fingerprint density at radius 1 is 1.00 bits per heavy atom. The summed E-state index contributed by atoms with van der Waals surface area (Å²) in [5, 5.41) is 0. The highest BCUT2D eigenvalue weighted by atomic mass is 16.1. The SMILES string of the molecule is C#C.C=CCC1CCC2C(CCC3(C)C(CCCC(C/C=C/C=C(C)\C=C/C)C(=O)CC)CCC23)C1(C)CCC.C=O.CC.CN. The second kappa shape index (κ2) is 25.9. The van der Waals surface area contributed by atoms with Crippen molar-refractivity contribution in [2.24, 2.45) is 52.1 Å². The van der Waals surface area contributed by atoms with E-state index in [1.807, 2.05) is 34.5 Å². The van der Waals surface area contributed by atoms with E-state index in [2.05, 4.69) is 89.3 Å². The smallest absolute Gasteiger partial charge is 0.136 e. The van der Waals surface area contributed by atoms with Gasteiger partial charge in [0.2, 0.25) is 0 Å². The standard InChI is InChI=1S/C37H60O.C2H6.C2H2.CH5N.CH2O/c1-8-15-28(5)17-12-13-18-29(35(38)11-4)19-14-20-31-22-24-33-32-23-21-30(16-9-2)36(6,26-10-3)34(32)25-27-37(31,33)7;4*1-2/h8-9,12-13,15,17,29-34H,2,10-11,14,16,18-27H2,1,3-7H3;1-2H3;1-2H;2H2,1H3;1H2/b13-12+,15-8-,28-17-;;;;.